The summed E-state index contributed by atoms with van der Waals surface area (Å²) in [7, 11) is 0. The highest BCUT2D eigenvalue weighted by molar-refractivity contribution is 7.71. The fourth-order valence-corrected chi connectivity index (χ4v) is 4.26. The number of hydrogen-bond donors (Lipinski definition) is 0. The molecule has 0 unspecified atom stereocenters. The van der Waals surface area contributed by atoms with Gasteiger partial charge in [0.15, 0.2) is 10.6 Å². The van der Waals surface area contributed by atoms with Crippen molar-refractivity contribution >= 4 is 12.2 Å². The molecule has 3 aromatic rings. The molecule has 6 nitrogen and oxygen atoms in total. The van der Waals surface area contributed by atoms with E-state index in [4.69, 9.17) is 17.3 Å². The minimum Gasteiger partial charge on any atom is -0.300 e. The van der Waals surface area contributed by atoms with E-state index in [1.54, 1.807) is 12.4 Å². The Kier molecular flexibility index (Phi) is 6.72. The van der Waals surface area contributed by atoms with Crippen LogP contribution >= 0.6 is 12.2 Å². The quantitative estimate of drug-likeness (QED) is 0.539. The van der Waals surface area contributed by atoms with Crippen LogP contribution in [0.2, 0.25) is 0 Å². The number of piperazine rings is 1. The molecule has 1 fully saturated rings. The SMILES string of the molecule is CCCn1c(-c2ccncc2)nn(CN2CCN(Cc3ccccc3C)CC2)c1=S. The van der Waals surface area contributed by atoms with Crippen LogP contribution in [0.1, 0.15) is 24.5 Å². The molecular weight excluding hydrogens is 392 g/mol. The molecule has 1 aromatic carbocycles. The van der Waals surface area contributed by atoms with Crippen LogP contribution in [0.5, 0.6) is 0 Å². The predicted octanol–water partition coefficient (Wildman–Crippen LogP) is 3.97. The van der Waals surface area contributed by atoms with E-state index in [1.165, 1.54) is 11.1 Å². The van der Waals surface area contributed by atoms with Crippen LogP contribution in [0.3, 0.4) is 0 Å². The lowest BCUT2D eigenvalue weighted by Gasteiger charge is -2.34. The van der Waals surface area contributed by atoms with E-state index in [0.29, 0.717) is 0 Å². The second-order valence-electron chi connectivity index (χ2n) is 7.96. The Morgan fingerprint density at radius 1 is 0.967 bits per heavy atom. The molecule has 0 spiro atoms. The number of pyridine rings is 1. The first-order chi connectivity index (χ1) is 14.7. The Balaban J connectivity index is 1.43. The molecule has 0 aliphatic carbocycles. The molecule has 3 heterocycles. The maximum Gasteiger partial charge on any atom is 0.199 e. The fraction of sp³-hybridized carbons (Fsp3) is 0.435. The van der Waals surface area contributed by atoms with E-state index in [0.717, 1.165) is 68.5 Å². The lowest BCUT2D eigenvalue weighted by atomic mass is 10.1. The molecule has 0 atom stereocenters. The van der Waals surface area contributed by atoms with Gasteiger partial charge in [-0.1, -0.05) is 31.2 Å². The molecule has 1 aliphatic heterocycles. The Hall–Kier alpha value is -2.35. The Morgan fingerprint density at radius 3 is 2.37 bits per heavy atom. The van der Waals surface area contributed by atoms with Gasteiger partial charge in [-0.2, -0.15) is 5.10 Å². The van der Waals surface area contributed by atoms with Crippen LogP contribution < -0.4 is 0 Å². The molecule has 0 N–H and O–H groups in total. The summed E-state index contributed by atoms with van der Waals surface area (Å²) in [6, 6.07) is 12.7. The van der Waals surface area contributed by atoms with Crippen molar-refractivity contribution in [2.45, 2.75) is 40.0 Å². The van der Waals surface area contributed by atoms with Crippen molar-refractivity contribution in [3.05, 3.63) is 64.7 Å². The first-order valence-corrected chi connectivity index (χ1v) is 11.1. The predicted molar refractivity (Wildman–Crippen MR) is 123 cm³/mol. The van der Waals surface area contributed by atoms with E-state index < -0.39 is 0 Å². The topological polar surface area (TPSA) is 42.1 Å². The van der Waals surface area contributed by atoms with Crippen molar-refractivity contribution in [1.29, 1.82) is 0 Å². The van der Waals surface area contributed by atoms with Crippen molar-refractivity contribution in [2.75, 3.05) is 26.2 Å². The van der Waals surface area contributed by atoms with Gasteiger partial charge in [0.05, 0.1) is 6.67 Å². The van der Waals surface area contributed by atoms with Crippen molar-refractivity contribution in [3.8, 4) is 11.4 Å². The average molecular weight is 423 g/mol. The molecule has 1 aliphatic rings. The van der Waals surface area contributed by atoms with Gasteiger partial charge in [-0.05, 0) is 48.8 Å². The van der Waals surface area contributed by atoms with Gasteiger partial charge >= 0.3 is 0 Å². The largest absolute Gasteiger partial charge is 0.300 e. The van der Waals surface area contributed by atoms with Gasteiger partial charge in [0.25, 0.3) is 0 Å². The zero-order valence-corrected chi connectivity index (χ0v) is 18.7. The maximum atomic E-state index is 5.78. The molecule has 1 saturated heterocycles. The highest BCUT2D eigenvalue weighted by Gasteiger charge is 2.20. The molecule has 4 rings (SSSR count). The second kappa shape index (κ2) is 9.64. The standard InChI is InChI=1S/C23H30N6S/c1-3-12-28-22(20-8-10-24-11-9-20)25-29(23(28)30)18-27-15-13-26(14-16-27)17-21-7-5-4-6-19(21)2/h4-11H,3,12-18H2,1-2H3. The van der Waals surface area contributed by atoms with Gasteiger partial charge < -0.3 is 0 Å². The summed E-state index contributed by atoms with van der Waals surface area (Å²) in [6.45, 7) is 11.2. The molecule has 0 radical (unpaired) electrons. The number of hydrogen-bond acceptors (Lipinski definition) is 5. The lowest BCUT2D eigenvalue weighted by Crippen LogP contribution is -2.46. The van der Waals surface area contributed by atoms with Crippen LogP contribution in [0, 0.1) is 11.7 Å². The summed E-state index contributed by atoms with van der Waals surface area (Å²) < 4.78 is 4.93. The number of benzene rings is 1. The highest BCUT2D eigenvalue weighted by atomic mass is 32.1. The maximum absolute atomic E-state index is 5.78. The number of aromatic nitrogens is 4. The molecule has 30 heavy (non-hydrogen) atoms. The summed E-state index contributed by atoms with van der Waals surface area (Å²) in [5.74, 6) is 0.933. The minimum atomic E-state index is 0.742. The highest BCUT2D eigenvalue weighted by Crippen LogP contribution is 2.19. The zero-order valence-electron chi connectivity index (χ0n) is 17.9. The van der Waals surface area contributed by atoms with E-state index in [-0.39, 0.29) is 0 Å². The average Bonchev–Trinajstić information content (AvgIpc) is 3.07. The van der Waals surface area contributed by atoms with E-state index in [9.17, 15) is 0 Å². The first kappa shape index (κ1) is 20.9. The lowest BCUT2D eigenvalue weighted by molar-refractivity contribution is 0.0979. The smallest absolute Gasteiger partial charge is 0.199 e. The van der Waals surface area contributed by atoms with Crippen LogP contribution in [-0.4, -0.2) is 55.3 Å². The van der Waals surface area contributed by atoms with Crippen LogP contribution in [0.4, 0.5) is 0 Å². The summed E-state index contributed by atoms with van der Waals surface area (Å²) in [6.07, 6.45) is 4.64. The van der Waals surface area contributed by atoms with Gasteiger partial charge in [0, 0.05) is 57.2 Å². The second-order valence-corrected chi connectivity index (χ2v) is 8.32. The molecule has 0 saturated carbocycles. The molecule has 0 amide bonds. The summed E-state index contributed by atoms with van der Waals surface area (Å²) in [4.78, 5) is 9.12. The van der Waals surface area contributed by atoms with E-state index in [2.05, 4.69) is 57.5 Å². The van der Waals surface area contributed by atoms with Gasteiger partial charge in [0.2, 0.25) is 0 Å². The zero-order chi connectivity index (χ0) is 20.9. The molecule has 2 aromatic heterocycles. The third-order valence-electron chi connectivity index (χ3n) is 5.76. The number of nitrogens with zero attached hydrogens (tertiary/aromatic N) is 6. The van der Waals surface area contributed by atoms with Gasteiger partial charge in [-0.25, -0.2) is 4.68 Å². The van der Waals surface area contributed by atoms with Gasteiger partial charge in [-0.3, -0.25) is 19.4 Å². The van der Waals surface area contributed by atoms with Crippen LogP contribution in [0.15, 0.2) is 48.8 Å². The summed E-state index contributed by atoms with van der Waals surface area (Å²) in [5, 5.41) is 4.88. The third-order valence-corrected chi connectivity index (χ3v) is 6.19. The van der Waals surface area contributed by atoms with Crippen LogP contribution in [0.25, 0.3) is 11.4 Å². The van der Waals surface area contributed by atoms with Gasteiger partial charge in [-0.15, -0.1) is 0 Å². The molecule has 7 heteroatoms. The van der Waals surface area contributed by atoms with Crippen LogP contribution in [-0.2, 0) is 19.8 Å². The first-order valence-electron chi connectivity index (χ1n) is 10.7. The summed E-state index contributed by atoms with van der Waals surface area (Å²) in [5.41, 5.74) is 3.86. The summed E-state index contributed by atoms with van der Waals surface area (Å²) >= 11 is 5.78. The number of rotatable bonds is 7. The van der Waals surface area contributed by atoms with Crippen molar-refractivity contribution < 1.29 is 0 Å². The van der Waals surface area contributed by atoms with Gasteiger partial charge in [0.1, 0.15) is 0 Å². The Bertz CT molecular complexity index is 1020. The van der Waals surface area contributed by atoms with E-state index >= 15 is 0 Å². The monoisotopic (exact) mass is 422 g/mol. The van der Waals surface area contributed by atoms with E-state index in [1.807, 2.05) is 16.8 Å². The molecule has 158 valence electrons. The van der Waals surface area contributed by atoms with Crippen molar-refractivity contribution in [2.24, 2.45) is 0 Å². The molecular formula is C23H30N6S. The Morgan fingerprint density at radius 2 is 1.67 bits per heavy atom. The Labute approximate surface area is 183 Å². The minimum absolute atomic E-state index is 0.742. The molecule has 0 bridgehead atoms. The fourth-order valence-electron chi connectivity index (χ4n) is 3.98. The van der Waals surface area contributed by atoms with Crippen molar-refractivity contribution in [3.63, 3.8) is 0 Å². The normalized spacial score (nSPS) is 15.5. The third kappa shape index (κ3) is 4.69. The van der Waals surface area contributed by atoms with Crippen molar-refractivity contribution in [1.82, 2.24) is 29.1 Å². The number of aryl methyl sites for hydroxylation is 1.